The monoisotopic (exact) mass is 284 g/mol. The van der Waals surface area contributed by atoms with Crippen molar-refractivity contribution in [3.8, 4) is 17.1 Å². The van der Waals surface area contributed by atoms with Crippen LogP contribution in [0.4, 0.5) is 0 Å². The first-order valence-electron chi connectivity index (χ1n) is 6.78. The zero-order valence-corrected chi connectivity index (χ0v) is 12.9. The molecule has 1 aliphatic rings. The van der Waals surface area contributed by atoms with Crippen LogP contribution in [0.2, 0.25) is 0 Å². The van der Waals surface area contributed by atoms with Crippen LogP contribution in [0.1, 0.15) is 30.7 Å². The van der Waals surface area contributed by atoms with E-state index >= 15 is 0 Å². The maximum Gasteiger partial charge on any atom is 0.146 e. The number of fused-ring (bicyclic) bond motifs is 5. The maximum absolute atomic E-state index is 6.26. The molecule has 1 aliphatic heterocycles. The molecule has 0 atom stereocenters. The standard InChI is InChI=1S/C17H16O2S/c1-9-7-13-14(16-11(9)5-6-20-16)15-12(8-10(2)18-15)17(3,4)19-13/h5-8H,1-4H3. The van der Waals surface area contributed by atoms with Gasteiger partial charge in [-0.3, -0.25) is 0 Å². The highest BCUT2D eigenvalue weighted by atomic mass is 32.1. The SMILES string of the molecule is Cc1cc2c(o1)-c1c(cc(C)c3ccsc13)OC2(C)C. The number of aryl methyl sites for hydroxylation is 2. The fourth-order valence-electron chi connectivity index (χ4n) is 3.04. The van der Waals surface area contributed by atoms with E-state index in [-0.39, 0.29) is 5.60 Å². The molecule has 0 spiro atoms. The van der Waals surface area contributed by atoms with Crippen LogP contribution in [0.3, 0.4) is 0 Å². The highest BCUT2D eigenvalue weighted by molar-refractivity contribution is 7.17. The normalized spacial score (nSPS) is 15.8. The Hall–Kier alpha value is -1.74. The van der Waals surface area contributed by atoms with Crippen molar-refractivity contribution in [1.82, 2.24) is 0 Å². The van der Waals surface area contributed by atoms with Crippen molar-refractivity contribution >= 4 is 21.4 Å². The fraction of sp³-hybridized carbons (Fsp3) is 0.294. The van der Waals surface area contributed by atoms with Gasteiger partial charge in [-0.1, -0.05) is 0 Å². The second-order valence-corrected chi connectivity index (χ2v) is 6.86. The highest BCUT2D eigenvalue weighted by Gasteiger charge is 2.37. The minimum atomic E-state index is -0.350. The summed E-state index contributed by atoms with van der Waals surface area (Å²) in [6, 6.07) is 6.40. The van der Waals surface area contributed by atoms with Crippen molar-refractivity contribution in [2.45, 2.75) is 33.3 Å². The van der Waals surface area contributed by atoms with E-state index in [1.165, 1.54) is 15.6 Å². The van der Waals surface area contributed by atoms with E-state index in [4.69, 9.17) is 9.15 Å². The number of furan rings is 1. The maximum atomic E-state index is 6.26. The summed E-state index contributed by atoms with van der Waals surface area (Å²) in [7, 11) is 0. The van der Waals surface area contributed by atoms with E-state index in [0.29, 0.717) is 0 Å². The first-order chi connectivity index (χ1) is 9.47. The van der Waals surface area contributed by atoms with Gasteiger partial charge in [0.1, 0.15) is 22.9 Å². The van der Waals surface area contributed by atoms with Crippen molar-refractivity contribution in [2.75, 3.05) is 0 Å². The summed E-state index contributed by atoms with van der Waals surface area (Å²) in [6.07, 6.45) is 0. The number of hydrogen-bond donors (Lipinski definition) is 0. The topological polar surface area (TPSA) is 22.4 Å². The molecule has 2 aromatic heterocycles. The molecule has 3 heterocycles. The number of rotatable bonds is 0. The molecule has 102 valence electrons. The molecule has 20 heavy (non-hydrogen) atoms. The summed E-state index contributed by atoms with van der Waals surface area (Å²) < 4.78 is 13.5. The minimum Gasteiger partial charge on any atom is -0.482 e. The summed E-state index contributed by atoms with van der Waals surface area (Å²) >= 11 is 1.75. The molecular formula is C17H16O2S. The first kappa shape index (κ1) is 12.0. The van der Waals surface area contributed by atoms with Crippen LogP contribution < -0.4 is 4.74 Å². The van der Waals surface area contributed by atoms with Gasteiger partial charge in [-0.25, -0.2) is 0 Å². The van der Waals surface area contributed by atoms with E-state index < -0.39 is 0 Å². The van der Waals surface area contributed by atoms with Crippen LogP contribution >= 0.6 is 11.3 Å². The zero-order valence-electron chi connectivity index (χ0n) is 12.0. The van der Waals surface area contributed by atoms with Crippen molar-refractivity contribution in [1.29, 1.82) is 0 Å². The average Bonchev–Trinajstić information content (AvgIpc) is 2.95. The lowest BCUT2D eigenvalue weighted by molar-refractivity contribution is 0.104. The third kappa shape index (κ3) is 1.44. The molecule has 0 bridgehead atoms. The van der Waals surface area contributed by atoms with Crippen LogP contribution in [0, 0.1) is 13.8 Å². The van der Waals surface area contributed by atoms with Gasteiger partial charge in [0, 0.05) is 10.3 Å². The second-order valence-electron chi connectivity index (χ2n) is 5.94. The molecule has 0 amide bonds. The minimum absolute atomic E-state index is 0.350. The van der Waals surface area contributed by atoms with Gasteiger partial charge in [0.15, 0.2) is 0 Å². The quantitative estimate of drug-likeness (QED) is 0.551. The molecule has 3 aromatic rings. The lowest BCUT2D eigenvalue weighted by atomic mass is 9.90. The lowest BCUT2D eigenvalue weighted by Crippen LogP contribution is -2.28. The van der Waals surface area contributed by atoms with Crippen LogP contribution in [-0.2, 0) is 5.60 Å². The van der Waals surface area contributed by atoms with Crippen LogP contribution in [-0.4, -0.2) is 0 Å². The Morgan fingerprint density at radius 1 is 1.15 bits per heavy atom. The van der Waals surface area contributed by atoms with Gasteiger partial charge in [0.2, 0.25) is 0 Å². The summed E-state index contributed by atoms with van der Waals surface area (Å²) in [4.78, 5) is 0. The van der Waals surface area contributed by atoms with E-state index in [1.54, 1.807) is 11.3 Å². The number of thiophene rings is 1. The number of ether oxygens (including phenoxy) is 1. The smallest absolute Gasteiger partial charge is 0.146 e. The molecule has 0 aliphatic carbocycles. The summed E-state index contributed by atoms with van der Waals surface area (Å²) in [6.45, 7) is 8.32. The Labute approximate surface area is 122 Å². The van der Waals surface area contributed by atoms with E-state index in [0.717, 1.165) is 28.4 Å². The van der Waals surface area contributed by atoms with Gasteiger partial charge in [0.25, 0.3) is 0 Å². The van der Waals surface area contributed by atoms with Crippen LogP contribution in [0.15, 0.2) is 28.0 Å². The Balaban J connectivity index is 2.16. The molecule has 0 N–H and O–H groups in total. The molecule has 0 fully saturated rings. The second kappa shape index (κ2) is 3.67. The van der Waals surface area contributed by atoms with E-state index in [2.05, 4.69) is 44.4 Å². The Morgan fingerprint density at radius 3 is 2.75 bits per heavy atom. The summed E-state index contributed by atoms with van der Waals surface area (Å²) in [5.74, 6) is 2.84. The third-order valence-corrected chi connectivity index (χ3v) is 4.94. The molecule has 3 heteroatoms. The zero-order chi connectivity index (χ0) is 14.1. The fourth-order valence-corrected chi connectivity index (χ4v) is 4.05. The van der Waals surface area contributed by atoms with E-state index in [1.807, 2.05) is 6.92 Å². The van der Waals surface area contributed by atoms with Gasteiger partial charge in [-0.2, -0.15) is 0 Å². The third-order valence-electron chi connectivity index (χ3n) is 4.01. The van der Waals surface area contributed by atoms with Crippen molar-refractivity contribution in [2.24, 2.45) is 0 Å². The first-order valence-corrected chi connectivity index (χ1v) is 7.66. The predicted molar refractivity (Wildman–Crippen MR) is 82.7 cm³/mol. The largest absolute Gasteiger partial charge is 0.482 e. The van der Waals surface area contributed by atoms with E-state index in [9.17, 15) is 0 Å². The van der Waals surface area contributed by atoms with Gasteiger partial charge < -0.3 is 9.15 Å². The van der Waals surface area contributed by atoms with Crippen LogP contribution in [0.5, 0.6) is 5.75 Å². The lowest BCUT2D eigenvalue weighted by Gasteiger charge is -2.32. The van der Waals surface area contributed by atoms with Crippen molar-refractivity contribution in [3.05, 3.63) is 40.5 Å². The molecular weight excluding hydrogens is 268 g/mol. The van der Waals surface area contributed by atoms with Gasteiger partial charge >= 0.3 is 0 Å². The molecule has 0 unspecified atom stereocenters. The molecule has 1 aromatic carbocycles. The Kier molecular flexibility index (Phi) is 2.21. The van der Waals surface area contributed by atoms with Gasteiger partial charge in [-0.15, -0.1) is 11.3 Å². The molecule has 0 saturated carbocycles. The molecule has 2 nitrogen and oxygen atoms in total. The molecule has 0 saturated heterocycles. The number of benzene rings is 1. The van der Waals surface area contributed by atoms with Crippen LogP contribution in [0.25, 0.3) is 21.4 Å². The van der Waals surface area contributed by atoms with Gasteiger partial charge in [-0.05, 0) is 62.2 Å². The van der Waals surface area contributed by atoms with Gasteiger partial charge in [0.05, 0.1) is 5.56 Å². The number of hydrogen-bond acceptors (Lipinski definition) is 3. The Bertz CT molecular complexity index is 836. The Morgan fingerprint density at radius 2 is 1.95 bits per heavy atom. The summed E-state index contributed by atoms with van der Waals surface area (Å²) in [5, 5.41) is 3.42. The van der Waals surface area contributed by atoms with Crippen molar-refractivity contribution in [3.63, 3.8) is 0 Å². The highest BCUT2D eigenvalue weighted by Crippen LogP contribution is 2.51. The molecule has 0 radical (unpaired) electrons. The average molecular weight is 284 g/mol. The summed E-state index contributed by atoms with van der Waals surface area (Å²) in [5.41, 5.74) is 3.16. The predicted octanol–water partition coefficient (Wildman–Crippen LogP) is 5.41. The van der Waals surface area contributed by atoms with Crippen molar-refractivity contribution < 1.29 is 9.15 Å². The molecule has 4 rings (SSSR count).